The van der Waals surface area contributed by atoms with E-state index in [1.807, 2.05) is 0 Å². The van der Waals surface area contributed by atoms with Crippen molar-refractivity contribution in [3.8, 4) is 0 Å². The Kier molecular flexibility index (Phi) is 4.34. The molecule has 0 bridgehead atoms. The van der Waals surface area contributed by atoms with Crippen molar-refractivity contribution in [3.05, 3.63) is 35.9 Å². The van der Waals surface area contributed by atoms with E-state index in [1.54, 1.807) is 0 Å². The van der Waals surface area contributed by atoms with Crippen molar-refractivity contribution in [2.75, 3.05) is 20.6 Å². The highest BCUT2D eigenvalue weighted by Gasteiger charge is 2.18. The smallest absolute Gasteiger partial charge is 0.104 e. The van der Waals surface area contributed by atoms with Gasteiger partial charge in [0.15, 0.2) is 0 Å². The van der Waals surface area contributed by atoms with Gasteiger partial charge in [0.2, 0.25) is 0 Å². The number of hydrogen-bond acceptors (Lipinski definition) is 0. The fourth-order valence-corrected chi connectivity index (χ4v) is 2.12. The standard InChI is InChI=1S/C14H24N/c1-5-13(2)11-15(3,4)12-14-9-7-6-8-10-14/h6-10,13H,5,11-12H2,1-4H3/q+1. The lowest BCUT2D eigenvalue weighted by Gasteiger charge is -2.32. The van der Waals surface area contributed by atoms with Crippen LogP contribution in [0.3, 0.4) is 0 Å². The molecule has 1 aromatic carbocycles. The predicted molar refractivity (Wildman–Crippen MR) is 66.6 cm³/mol. The molecule has 1 aromatic rings. The van der Waals surface area contributed by atoms with Gasteiger partial charge >= 0.3 is 0 Å². The SMILES string of the molecule is CCC(C)C[N+](C)(C)Cc1ccccc1. The van der Waals surface area contributed by atoms with Crippen LogP contribution in [0.4, 0.5) is 0 Å². The van der Waals surface area contributed by atoms with Crippen LogP contribution in [-0.2, 0) is 6.54 Å². The van der Waals surface area contributed by atoms with E-state index in [4.69, 9.17) is 0 Å². The Morgan fingerprint density at radius 2 is 1.73 bits per heavy atom. The Morgan fingerprint density at radius 1 is 1.13 bits per heavy atom. The molecule has 0 spiro atoms. The summed E-state index contributed by atoms with van der Waals surface area (Å²) < 4.78 is 1.08. The Labute approximate surface area is 94.3 Å². The summed E-state index contributed by atoms with van der Waals surface area (Å²) in [6, 6.07) is 10.8. The molecule has 84 valence electrons. The Bertz CT molecular complexity index is 277. The van der Waals surface area contributed by atoms with Gasteiger partial charge < -0.3 is 4.48 Å². The second kappa shape index (κ2) is 5.32. The molecular weight excluding hydrogens is 182 g/mol. The Morgan fingerprint density at radius 3 is 2.27 bits per heavy atom. The molecule has 1 atom stereocenters. The highest BCUT2D eigenvalue weighted by Crippen LogP contribution is 2.13. The van der Waals surface area contributed by atoms with Gasteiger partial charge in [-0.2, -0.15) is 0 Å². The number of nitrogens with zero attached hydrogens (tertiary/aromatic N) is 1. The predicted octanol–water partition coefficient (Wildman–Crippen LogP) is 3.31. The zero-order chi connectivity index (χ0) is 11.3. The van der Waals surface area contributed by atoms with Gasteiger partial charge in [0, 0.05) is 11.5 Å². The normalized spacial score (nSPS) is 13.9. The lowest BCUT2D eigenvalue weighted by Crippen LogP contribution is -2.42. The van der Waals surface area contributed by atoms with E-state index in [2.05, 4.69) is 58.3 Å². The molecule has 0 aliphatic heterocycles. The molecule has 1 rings (SSSR count). The number of rotatable bonds is 5. The minimum Gasteiger partial charge on any atom is -0.325 e. The Hall–Kier alpha value is -0.820. The van der Waals surface area contributed by atoms with E-state index in [1.165, 1.54) is 18.5 Å². The first kappa shape index (κ1) is 12.3. The van der Waals surface area contributed by atoms with Crippen molar-refractivity contribution in [1.82, 2.24) is 0 Å². The molecule has 0 fully saturated rings. The van der Waals surface area contributed by atoms with E-state index in [0.29, 0.717) is 0 Å². The first-order valence-electron chi connectivity index (χ1n) is 5.89. The maximum atomic E-state index is 2.34. The number of benzene rings is 1. The maximum absolute atomic E-state index is 2.34. The molecule has 0 aliphatic carbocycles. The van der Waals surface area contributed by atoms with Crippen molar-refractivity contribution in [2.24, 2.45) is 5.92 Å². The van der Waals surface area contributed by atoms with Crippen molar-refractivity contribution in [1.29, 1.82) is 0 Å². The van der Waals surface area contributed by atoms with Gasteiger partial charge in [-0.25, -0.2) is 0 Å². The van der Waals surface area contributed by atoms with E-state index in [0.717, 1.165) is 16.9 Å². The minimum atomic E-state index is 0.809. The minimum absolute atomic E-state index is 0.809. The maximum Gasteiger partial charge on any atom is 0.104 e. The summed E-state index contributed by atoms with van der Waals surface area (Å²) in [4.78, 5) is 0. The fourth-order valence-electron chi connectivity index (χ4n) is 2.12. The second-order valence-electron chi connectivity index (χ2n) is 5.28. The van der Waals surface area contributed by atoms with Crippen molar-refractivity contribution in [2.45, 2.75) is 26.8 Å². The van der Waals surface area contributed by atoms with Gasteiger partial charge in [-0.3, -0.25) is 0 Å². The molecular formula is C14H24N+. The summed E-state index contributed by atoms with van der Waals surface area (Å²) in [5.41, 5.74) is 1.44. The molecule has 0 aromatic heterocycles. The van der Waals surface area contributed by atoms with Gasteiger partial charge in [-0.15, -0.1) is 0 Å². The largest absolute Gasteiger partial charge is 0.325 e. The van der Waals surface area contributed by atoms with Gasteiger partial charge in [0.05, 0.1) is 20.6 Å². The zero-order valence-corrected chi connectivity index (χ0v) is 10.5. The highest BCUT2D eigenvalue weighted by atomic mass is 15.3. The molecule has 0 aliphatic rings. The van der Waals surface area contributed by atoms with Crippen molar-refractivity contribution in [3.63, 3.8) is 0 Å². The summed E-state index contributed by atoms with van der Waals surface area (Å²) in [5.74, 6) is 0.809. The van der Waals surface area contributed by atoms with Gasteiger partial charge in [0.1, 0.15) is 6.54 Å². The van der Waals surface area contributed by atoms with Crippen LogP contribution >= 0.6 is 0 Å². The topological polar surface area (TPSA) is 0 Å². The van der Waals surface area contributed by atoms with Crippen LogP contribution in [0.25, 0.3) is 0 Å². The van der Waals surface area contributed by atoms with Gasteiger partial charge in [0.25, 0.3) is 0 Å². The molecule has 1 nitrogen and oxygen atoms in total. The lowest BCUT2D eigenvalue weighted by atomic mass is 10.1. The summed E-state index contributed by atoms with van der Waals surface area (Å²) in [6.45, 7) is 6.99. The summed E-state index contributed by atoms with van der Waals surface area (Å²) in [7, 11) is 4.64. The second-order valence-corrected chi connectivity index (χ2v) is 5.28. The summed E-state index contributed by atoms with van der Waals surface area (Å²) in [5, 5.41) is 0. The molecule has 0 saturated carbocycles. The Balaban J connectivity index is 2.56. The molecule has 1 heteroatoms. The quantitative estimate of drug-likeness (QED) is 0.648. The van der Waals surface area contributed by atoms with Crippen LogP contribution in [0.2, 0.25) is 0 Å². The third-order valence-corrected chi connectivity index (χ3v) is 2.96. The third kappa shape index (κ3) is 4.48. The van der Waals surface area contributed by atoms with Crippen LogP contribution in [0, 0.1) is 5.92 Å². The highest BCUT2D eigenvalue weighted by molar-refractivity contribution is 5.13. The molecule has 0 saturated heterocycles. The average Bonchev–Trinajstić information content (AvgIpc) is 2.17. The first-order chi connectivity index (χ1) is 7.03. The molecule has 1 unspecified atom stereocenters. The third-order valence-electron chi connectivity index (χ3n) is 2.96. The number of hydrogen-bond donors (Lipinski definition) is 0. The van der Waals surface area contributed by atoms with E-state index >= 15 is 0 Å². The van der Waals surface area contributed by atoms with Crippen LogP contribution in [0.15, 0.2) is 30.3 Å². The van der Waals surface area contributed by atoms with Gasteiger partial charge in [-0.1, -0.05) is 44.2 Å². The molecule has 15 heavy (non-hydrogen) atoms. The first-order valence-corrected chi connectivity index (χ1v) is 5.89. The van der Waals surface area contributed by atoms with Crippen LogP contribution in [0.5, 0.6) is 0 Å². The number of quaternary nitrogens is 1. The lowest BCUT2D eigenvalue weighted by molar-refractivity contribution is -0.906. The van der Waals surface area contributed by atoms with E-state index in [-0.39, 0.29) is 0 Å². The van der Waals surface area contributed by atoms with Crippen molar-refractivity contribution >= 4 is 0 Å². The zero-order valence-electron chi connectivity index (χ0n) is 10.5. The molecule has 0 N–H and O–H groups in total. The summed E-state index contributed by atoms with van der Waals surface area (Å²) >= 11 is 0. The molecule has 0 heterocycles. The molecule has 0 radical (unpaired) electrons. The van der Waals surface area contributed by atoms with Crippen LogP contribution in [0.1, 0.15) is 25.8 Å². The van der Waals surface area contributed by atoms with E-state index in [9.17, 15) is 0 Å². The molecule has 0 amide bonds. The summed E-state index contributed by atoms with van der Waals surface area (Å²) in [6.07, 6.45) is 1.27. The van der Waals surface area contributed by atoms with Crippen LogP contribution < -0.4 is 0 Å². The monoisotopic (exact) mass is 206 g/mol. The average molecular weight is 206 g/mol. The van der Waals surface area contributed by atoms with Crippen LogP contribution in [-0.4, -0.2) is 25.1 Å². The van der Waals surface area contributed by atoms with Gasteiger partial charge in [-0.05, 0) is 6.42 Å². The van der Waals surface area contributed by atoms with E-state index < -0.39 is 0 Å². The fraction of sp³-hybridized carbons (Fsp3) is 0.571. The van der Waals surface area contributed by atoms with Crippen molar-refractivity contribution < 1.29 is 4.48 Å².